The summed E-state index contributed by atoms with van der Waals surface area (Å²) in [5.74, 6) is -1.12. The number of nitrogens with one attached hydrogen (secondary N) is 2. The van der Waals surface area contributed by atoms with Crippen LogP contribution >= 0.6 is 11.6 Å². The number of imide groups is 1. The zero-order valence-electron chi connectivity index (χ0n) is 23.2. The van der Waals surface area contributed by atoms with Gasteiger partial charge in [-0.2, -0.15) is 0 Å². The van der Waals surface area contributed by atoms with Crippen LogP contribution in [0.5, 0.6) is 11.5 Å². The largest absolute Gasteiger partial charge is 0.459 e. The van der Waals surface area contributed by atoms with Crippen LogP contribution in [0.25, 0.3) is 0 Å². The summed E-state index contributed by atoms with van der Waals surface area (Å²) in [6.45, 7) is 3.44. The third-order valence-corrected chi connectivity index (χ3v) is 6.55. The van der Waals surface area contributed by atoms with Gasteiger partial charge in [-0.1, -0.05) is 41.9 Å². The Kier molecular flexibility index (Phi) is 8.54. The number of hydrogen-bond acceptors (Lipinski definition) is 7. The van der Waals surface area contributed by atoms with E-state index in [1.807, 2.05) is 30.3 Å². The van der Waals surface area contributed by atoms with E-state index in [9.17, 15) is 19.2 Å². The number of esters is 1. The fraction of sp³-hybridized carbons (Fsp3) is 0.0909. The van der Waals surface area contributed by atoms with E-state index in [-0.39, 0.29) is 34.0 Å². The Bertz CT molecular complexity index is 1740. The number of ether oxygens (including phenoxy) is 2. The molecule has 1 heterocycles. The molecule has 216 valence electrons. The zero-order chi connectivity index (χ0) is 30.5. The fourth-order valence-electron chi connectivity index (χ4n) is 4.22. The Morgan fingerprint density at radius 3 is 2.14 bits per heavy atom. The molecule has 9 nitrogen and oxygen atoms in total. The first kappa shape index (κ1) is 29.1. The molecular weight excluding hydrogens is 570 g/mol. The predicted molar refractivity (Wildman–Crippen MR) is 163 cm³/mol. The number of rotatable bonds is 9. The number of anilines is 3. The van der Waals surface area contributed by atoms with Crippen LogP contribution in [0.2, 0.25) is 0 Å². The molecule has 0 atom stereocenters. The van der Waals surface area contributed by atoms with Crippen LogP contribution in [-0.4, -0.2) is 29.8 Å². The Balaban J connectivity index is 1.26. The van der Waals surface area contributed by atoms with Gasteiger partial charge in [0.1, 0.15) is 22.2 Å². The highest BCUT2D eigenvalue weighted by atomic mass is 35.5. The van der Waals surface area contributed by atoms with Gasteiger partial charge in [0.25, 0.3) is 17.7 Å². The van der Waals surface area contributed by atoms with Gasteiger partial charge in [-0.3, -0.25) is 14.4 Å². The third-order valence-electron chi connectivity index (χ3n) is 6.20. The summed E-state index contributed by atoms with van der Waals surface area (Å²) >= 11 is 6.29. The monoisotopic (exact) mass is 595 g/mol. The maximum atomic E-state index is 13.3. The van der Waals surface area contributed by atoms with E-state index >= 15 is 0 Å². The van der Waals surface area contributed by atoms with E-state index in [0.29, 0.717) is 28.4 Å². The fourth-order valence-corrected chi connectivity index (χ4v) is 4.43. The van der Waals surface area contributed by atoms with Crippen LogP contribution in [0.1, 0.15) is 34.6 Å². The number of hydrogen-bond donors (Lipinski definition) is 2. The second kappa shape index (κ2) is 12.6. The Labute approximate surface area is 252 Å². The van der Waals surface area contributed by atoms with Crippen LogP contribution in [0, 0.1) is 0 Å². The molecule has 0 unspecified atom stereocenters. The Morgan fingerprint density at radius 1 is 0.744 bits per heavy atom. The molecule has 1 aliphatic heterocycles. The average molecular weight is 596 g/mol. The molecule has 2 N–H and O–H groups in total. The molecule has 5 rings (SSSR count). The number of benzene rings is 4. The van der Waals surface area contributed by atoms with Gasteiger partial charge in [0.15, 0.2) is 0 Å². The summed E-state index contributed by atoms with van der Waals surface area (Å²) in [6, 6.07) is 28.6. The lowest BCUT2D eigenvalue weighted by Gasteiger charge is -2.16. The topological polar surface area (TPSA) is 114 Å². The lowest BCUT2D eigenvalue weighted by molar-refractivity contribution is -0.120. The van der Waals surface area contributed by atoms with Gasteiger partial charge < -0.3 is 20.1 Å². The molecule has 1 aliphatic rings. The van der Waals surface area contributed by atoms with Crippen molar-refractivity contribution in [3.05, 3.63) is 125 Å². The molecule has 43 heavy (non-hydrogen) atoms. The zero-order valence-corrected chi connectivity index (χ0v) is 23.9. The second-order valence-corrected chi connectivity index (χ2v) is 10.1. The van der Waals surface area contributed by atoms with Crippen LogP contribution in [0.4, 0.5) is 17.1 Å². The van der Waals surface area contributed by atoms with Crippen LogP contribution in [-0.2, 0) is 14.3 Å². The van der Waals surface area contributed by atoms with E-state index in [0.717, 1.165) is 4.90 Å². The molecule has 0 saturated heterocycles. The Morgan fingerprint density at radius 2 is 1.42 bits per heavy atom. The van der Waals surface area contributed by atoms with Crippen molar-refractivity contribution < 1.29 is 28.7 Å². The SMILES string of the molecule is CC(C)OC(=O)c1cccc(N2C(=O)C(Cl)=C(Nc3cccc(C(=O)Nc4ccc(Oc5ccccc5)cc4)c3)C2=O)c1. The normalized spacial score (nSPS) is 12.9. The maximum Gasteiger partial charge on any atom is 0.338 e. The van der Waals surface area contributed by atoms with Crippen LogP contribution in [0.15, 0.2) is 114 Å². The molecule has 0 radical (unpaired) electrons. The highest BCUT2D eigenvalue weighted by Crippen LogP contribution is 2.31. The minimum Gasteiger partial charge on any atom is -0.459 e. The molecule has 3 amide bonds. The third kappa shape index (κ3) is 6.74. The van der Waals surface area contributed by atoms with Gasteiger partial charge in [-0.15, -0.1) is 0 Å². The summed E-state index contributed by atoms with van der Waals surface area (Å²) in [4.78, 5) is 52.4. The van der Waals surface area contributed by atoms with Gasteiger partial charge in [-0.05, 0) is 86.6 Å². The van der Waals surface area contributed by atoms with E-state index < -0.39 is 17.8 Å². The first-order chi connectivity index (χ1) is 20.7. The quantitative estimate of drug-likeness (QED) is 0.163. The summed E-state index contributed by atoms with van der Waals surface area (Å²) in [5, 5.41) is 5.37. The lowest BCUT2D eigenvalue weighted by Crippen LogP contribution is -2.32. The van der Waals surface area contributed by atoms with Gasteiger partial charge in [0, 0.05) is 16.9 Å². The number of nitrogens with zero attached hydrogens (tertiary/aromatic N) is 1. The molecular formula is C33H26ClN3O6. The van der Waals surface area contributed by atoms with Gasteiger partial charge in [-0.25, -0.2) is 9.69 Å². The Hall–Kier alpha value is -5.41. The number of halogens is 1. The van der Waals surface area contributed by atoms with Crippen molar-refractivity contribution in [2.24, 2.45) is 0 Å². The summed E-state index contributed by atoms with van der Waals surface area (Å²) < 4.78 is 11.0. The number of amides is 3. The van der Waals surface area contributed by atoms with Crippen molar-refractivity contribution in [2.45, 2.75) is 20.0 Å². The number of carbonyl (C=O) groups excluding carboxylic acids is 4. The van der Waals surface area contributed by atoms with Crippen molar-refractivity contribution in [1.29, 1.82) is 0 Å². The van der Waals surface area contributed by atoms with E-state index in [2.05, 4.69) is 10.6 Å². The molecule has 0 bridgehead atoms. The second-order valence-electron chi connectivity index (χ2n) is 9.74. The first-order valence-electron chi connectivity index (χ1n) is 13.3. The standard InChI is InChI=1S/C33H26ClN3O6/c1-20(2)42-33(41)22-9-7-11-25(19-22)37-31(39)28(34)29(32(37)40)35-24-10-6-8-21(18-24)30(38)36-23-14-16-27(17-15-23)43-26-12-4-3-5-13-26/h3-20,35H,1-2H3,(H,36,38). The van der Waals surface area contributed by atoms with E-state index in [4.69, 9.17) is 21.1 Å². The highest BCUT2D eigenvalue weighted by molar-refractivity contribution is 6.53. The molecule has 10 heteroatoms. The van der Waals surface area contributed by atoms with Crippen molar-refractivity contribution in [3.63, 3.8) is 0 Å². The van der Waals surface area contributed by atoms with Crippen LogP contribution < -0.4 is 20.3 Å². The van der Waals surface area contributed by atoms with Gasteiger partial charge in [0.2, 0.25) is 0 Å². The highest BCUT2D eigenvalue weighted by Gasteiger charge is 2.39. The summed E-state index contributed by atoms with van der Waals surface area (Å²) in [7, 11) is 0. The number of para-hydroxylation sites is 1. The smallest absolute Gasteiger partial charge is 0.338 e. The summed E-state index contributed by atoms with van der Waals surface area (Å²) in [6.07, 6.45) is -0.337. The van der Waals surface area contributed by atoms with Crippen molar-refractivity contribution >= 4 is 52.4 Å². The molecule has 4 aromatic rings. The molecule has 0 aromatic heterocycles. The van der Waals surface area contributed by atoms with Crippen LogP contribution in [0.3, 0.4) is 0 Å². The summed E-state index contributed by atoms with van der Waals surface area (Å²) in [5.41, 5.74) is 1.41. The average Bonchev–Trinajstić information content (AvgIpc) is 3.21. The minimum absolute atomic E-state index is 0.159. The van der Waals surface area contributed by atoms with E-state index in [1.165, 1.54) is 30.3 Å². The molecule has 0 saturated carbocycles. The maximum absolute atomic E-state index is 13.3. The molecule has 0 aliphatic carbocycles. The first-order valence-corrected chi connectivity index (χ1v) is 13.7. The van der Waals surface area contributed by atoms with Crippen molar-refractivity contribution in [3.8, 4) is 11.5 Å². The minimum atomic E-state index is -0.753. The molecule has 0 spiro atoms. The predicted octanol–water partition coefficient (Wildman–Crippen LogP) is 6.73. The van der Waals surface area contributed by atoms with Crippen molar-refractivity contribution in [1.82, 2.24) is 0 Å². The molecule has 0 fully saturated rings. The van der Waals surface area contributed by atoms with Gasteiger partial charge >= 0.3 is 5.97 Å². The van der Waals surface area contributed by atoms with Gasteiger partial charge in [0.05, 0.1) is 17.4 Å². The van der Waals surface area contributed by atoms with Crippen molar-refractivity contribution in [2.75, 3.05) is 15.5 Å². The van der Waals surface area contributed by atoms with E-state index in [1.54, 1.807) is 56.3 Å². The number of carbonyl (C=O) groups is 4. The lowest BCUT2D eigenvalue weighted by atomic mass is 10.1. The molecule has 4 aromatic carbocycles.